The van der Waals surface area contributed by atoms with Gasteiger partial charge >= 0.3 is 5.97 Å². The van der Waals surface area contributed by atoms with Crippen LogP contribution in [0.3, 0.4) is 0 Å². The Morgan fingerprint density at radius 1 is 1.59 bits per heavy atom. The second kappa shape index (κ2) is 5.23. The molecule has 0 spiro atoms. The number of hydrogen-bond donors (Lipinski definition) is 1. The lowest BCUT2D eigenvalue weighted by molar-refractivity contribution is -0.141. The predicted molar refractivity (Wildman–Crippen MR) is 69.9 cm³/mol. The highest BCUT2D eigenvalue weighted by Crippen LogP contribution is 2.35. The molecule has 0 radical (unpaired) electrons. The van der Waals surface area contributed by atoms with Gasteiger partial charge in [0.15, 0.2) is 0 Å². The number of carbonyl (C=O) groups excluding carboxylic acids is 1. The molecule has 0 atom stereocenters. The summed E-state index contributed by atoms with van der Waals surface area (Å²) in [6, 6.07) is 5.60. The molecule has 90 valence electrons. The molecule has 0 saturated heterocycles. The number of carbonyl (C=O) groups is 1. The number of thioether (sulfide) groups is 1. The number of anilines is 1. The van der Waals surface area contributed by atoms with Crippen LogP contribution >= 0.6 is 11.8 Å². The summed E-state index contributed by atoms with van der Waals surface area (Å²) in [6.45, 7) is 2.21. The van der Waals surface area contributed by atoms with Crippen LogP contribution in [-0.4, -0.2) is 24.0 Å². The Morgan fingerprint density at radius 3 is 3.18 bits per heavy atom. The van der Waals surface area contributed by atoms with Crippen molar-refractivity contribution in [3.8, 4) is 0 Å². The first-order valence-electron chi connectivity index (χ1n) is 5.43. The van der Waals surface area contributed by atoms with Gasteiger partial charge in [-0.2, -0.15) is 0 Å². The number of ether oxygens (including phenoxy) is 1. The van der Waals surface area contributed by atoms with Crippen molar-refractivity contribution in [1.82, 2.24) is 0 Å². The number of benzene rings is 1. The highest BCUT2D eigenvalue weighted by atomic mass is 32.2. The highest BCUT2D eigenvalue weighted by Gasteiger charge is 2.15. The van der Waals surface area contributed by atoms with Crippen LogP contribution in [0.2, 0.25) is 0 Å². The van der Waals surface area contributed by atoms with E-state index < -0.39 is 0 Å². The lowest BCUT2D eigenvalue weighted by atomic mass is 10.2. The number of esters is 1. The molecule has 0 unspecified atom stereocenters. The Kier molecular flexibility index (Phi) is 3.68. The van der Waals surface area contributed by atoms with Crippen molar-refractivity contribution in [3.05, 3.63) is 18.2 Å². The van der Waals surface area contributed by atoms with Gasteiger partial charge in [0.2, 0.25) is 0 Å². The molecule has 0 fully saturated rings. The Balaban J connectivity index is 2.12. The first kappa shape index (κ1) is 12.0. The van der Waals surface area contributed by atoms with Crippen LogP contribution in [0.15, 0.2) is 28.1 Å². The summed E-state index contributed by atoms with van der Waals surface area (Å²) in [6.07, 6.45) is 0.269. The van der Waals surface area contributed by atoms with E-state index in [-0.39, 0.29) is 12.4 Å². The summed E-state index contributed by atoms with van der Waals surface area (Å²) < 4.78 is 4.90. The minimum absolute atomic E-state index is 0.217. The maximum absolute atomic E-state index is 11.3. The molecular formula is C12H14N2O2S. The molecule has 17 heavy (non-hydrogen) atoms. The van der Waals surface area contributed by atoms with Crippen molar-refractivity contribution >= 4 is 34.8 Å². The first-order valence-corrected chi connectivity index (χ1v) is 6.42. The number of rotatable bonds is 3. The SMILES string of the molecule is CCOC(=O)CC1=Nc2ccc(N)cc2SC1. The Labute approximate surface area is 104 Å². The van der Waals surface area contributed by atoms with Crippen LogP contribution in [0, 0.1) is 0 Å². The molecule has 1 heterocycles. The van der Waals surface area contributed by atoms with E-state index in [0.29, 0.717) is 6.61 Å². The quantitative estimate of drug-likeness (QED) is 0.661. The predicted octanol–water partition coefficient (Wildman–Crippen LogP) is 2.40. The fraction of sp³-hybridized carbons (Fsp3) is 0.333. The number of aliphatic imine (C=N–C) groups is 1. The number of nitrogens with two attached hydrogens (primary N) is 1. The van der Waals surface area contributed by atoms with Crippen LogP contribution < -0.4 is 5.73 Å². The molecule has 0 amide bonds. The topological polar surface area (TPSA) is 64.7 Å². The monoisotopic (exact) mass is 250 g/mol. The van der Waals surface area contributed by atoms with Gasteiger partial charge in [-0.1, -0.05) is 0 Å². The molecule has 0 aromatic heterocycles. The maximum atomic E-state index is 11.3. The zero-order valence-corrected chi connectivity index (χ0v) is 10.4. The average molecular weight is 250 g/mol. The average Bonchev–Trinajstić information content (AvgIpc) is 2.29. The van der Waals surface area contributed by atoms with Gasteiger partial charge in [-0.05, 0) is 25.1 Å². The van der Waals surface area contributed by atoms with Gasteiger partial charge in [-0.15, -0.1) is 11.8 Å². The summed E-state index contributed by atoms with van der Waals surface area (Å²) in [5.41, 5.74) is 8.17. The molecule has 1 aliphatic heterocycles. The van der Waals surface area contributed by atoms with Crippen LogP contribution in [-0.2, 0) is 9.53 Å². The van der Waals surface area contributed by atoms with Gasteiger partial charge in [0.05, 0.1) is 18.7 Å². The van der Waals surface area contributed by atoms with Crippen LogP contribution in [0.4, 0.5) is 11.4 Å². The fourth-order valence-corrected chi connectivity index (χ4v) is 2.54. The zero-order chi connectivity index (χ0) is 12.3. The van der Waals surface area contributed by atoms with Crippen molar-refractivity contribution in [3.63, 3.8) is 0 Å². The molecule has 5 heteroatoms. The first-order chi connectivity index (χ1) is 8.19. The molecule has 4 nitrogen and oxygen atoms in total. The number of nitrogen functional groups attached to an aromatic ring is 1. The Morgan fingerprint density at radius 2 is 2.41 bits per heavy atom. The smallest absolute Gasteiger partial charge is 0.311 e. The molecular weight excluding hydrogens is 236 g/mol. The van der Waals surface area contributed by atoms with E-state index in [0.717, 1.165) is 27.7 Å². The van der Waals surface area contributed by atoms with Crippen LogP contribution in [0.25, 0.3) is 0 Å². The second-order valence-corrected chi connectivity index (χ2v) is 4.69. The molecule has 2 rings (SSSR count). The van der Waals surface area contributed by atoms with Gasteiger partial charge in [-0.3, -0.25) is 9.79 Å². The van der Waals surface area contributed by atoms with Crippen molar-refractivity contribution in [1.29, 1.82) is 0 Å². The van der Waals surface area contributed by atoms with Crippen molar-refractivity contribution in [2.24, 2.45) is 4.99 Å². The van der Waals surface area contributed by atoms with Gasteiger partial charge in [0.25, 0.3) is 0 Å². The summed E-state index contributed by atoms with van der Waals surface area (Å²) in [7, 11) is 0. The maximum Gasteiger partial charge on any atom is 0.311 e. The molecule has 0 saturated carbocycles. The molecule has 2 N–H and O–H groups in total. The van der Waals surface area contributed by atoms with E-state index in [1.54, 1.807) is 18.7 Å². The summed E-state index contributed by atoms with van der Waals surface area (Å²) in [5, 5.41) is 0. The molecule has 0 aliphatic carbocycles. The van der Waals surface area contributed by atoms with Crippen molar-refractivity contribution in [2.75, 3.05) is 18.1 Å². The molecule has 1 aromatic carbocycles. The lowest BCUT2D eigenvalue weighted by Gasteiger charge is -2.14. The van der Waals surface area contributed by atoms with E-state index in [9.17, 15) is 4.79 Å². The van der Waals surface area contributed by atoms with E-state index >= 15 is 0 Å². The zero-order valence-electron chi connectivity index (χ0n) is 9.60. The minimum Gasteiger partial charge on any atom is -0.466 e. The fourth-order valence-electron chi connectivity index (χ4n) is 1.57. The second-order valence-electron chi connectivity index (χ2n) is 3.68. The standard InChI is InChI=1S/C12H14N2O2S/c1-2-16-12(15)6-9-7-17-11-5-8(13)3-4-10(11)14-9/h3-5H,2,6-7,13H2,1H3. The van der Waals surface area contributed by atoms with E-state index in [2.05, 4.69) is 4.99 Å². The van der Waals surface area contributed by atoms with Gasteiger partial charge in [0.1, 0.15) is 0 Å². The third-order valence-corrected chi connectivity index (χ3v) is 3.43. The molecule has 0 bridgehead atoms. The Hall–Kier alpha value is -1.49. The van der Waals surface area contributed by atoms with Gasteiger partial charge < -0.3 is 10.5 Å². The summed E-state index contributed by atoms with van der Waals surface area (Å²) >= 11 is 1.65. The van der Waals surface area contributed by atoms with Gasteiger partial charge in [0, 0.05) is 22.0 Å². The third-order valence-electron chi connectivity index (χ3n) is 2.31. The highest BCUT2D eigenvalue weighted by molar-refractivity contribution is 8.00. The molecule has 1 aromatic rings. The summed E-state index contributed by atoms with van der Waals surface area (Å²) in [5.74, 6) is 0.501. The normalized spacial score (nSPS) is 13.8. The van der Waals surface area contributed by atoms with E-state index in [1.807, 2.05) is 18.2 Å². The van der Waals surface area contributed by atoms with Crippen LogP contribution in [0.5, 0.6) is 0 Å². The number of hydrogen-bond acceptors (Lipinski definition) is 5. The number of fused-ring (bicyclic) bond motifs is 1. The van der Waals surface area contributed by atoms with Gasteiger partial charge in [-0.25, -0.2) is 0 Å². The van der Waals surface area contributed by atoms with Crippen LogP contribution in [0.1, 0.15) is 13.3 Å². The van der Waals surface area contributed by atoms with Crippen molar-refractivity contribution in [2.45, 2.75) is 18.2 Å². The van der Waals surface area contributed by atoms with Crippen molar-refractivity contribution < 1.29 is 9.53 Å². The minimum atomic E-state index is -0.217. The third kappa shape index (κ3) is 3.00. The summed E-state index contributed by atoms with van der Waals surface area (Å²) in [4.78, 5) is 16.9. The largest absolute Gasteiger partial charge is 0.466 e. The Bertz CT molecular complexity index is 472. The molecule has 1 aliphatic rings. The number of nitrogens with zero attached hydrogens (tertiary/aromatic N) is 1. The lowest BCUT2D eigenvalue weighted by Crippen LogP contribution is -2.14. The van der Waals surface area contributed by atoms with E-state index in [4.69, 9.17) is 10.5 Å². The van der Waals surface area contributed by atoms with E-state index in [1.165, 1.54) is 0 Å².